The van der Waals surface area contributed by atoms with E-state index in [0.717, 1.165) is 52.8 Å². The average Bonchev–Trinajstić information content (AvgIpc) is 2.71. The number of nitrogens with one attached hydrogen (secondary N) is 1. The molecule has 0 aliphatic carbocycles. The normalized spacial score (nSPS) is 13.7. The number of ether oxygens (including phenoxy) is 4. The molecule has 0 bridgehead atoms. The molecule has 1 aliphatic heterocycles. The molecule has 0 radical (unpaired) electrons. The summed E-state index contributed by atoms with van der Waals surface area (Å²) in [7, 11) is 0. The van der Waals surface area contributed by atoms with Gasteiger partial charge in [0.05, 0.1) is 26.4 Å². The van der Waals surface area contributed by atoms with Crippen molar-refractivity contribution in [3.8, 4) is 23.0 Å². The van der Waals surface area contributed by atoms with Crippen molar-refractivity contribution in [1.29, 1.82) is 0 Å². The Balaban J connectivity index is 0.00000320. The SMILES string of the molecule is CCOc1ccc(C=C2NCCc3cc(OCC)c(OCC)cc32)cc1OCC.Cl. The van der Waals surface area contributed by atoms with Crippen LogP contribution >= 0.6 is 12.4 Å². The number of halogens is 1. The first-order valence-corrected chi connectivity index (χ1v) is 10.5. The van der Waals surface area contributed by atoms with Crippen LogP contribution in [0.5, 0.6) is 23.0 Å². The summed E-state index contributed by atoms with van der Waals surface area (Å²) in [4.78, 5) is 0. The fourth-order valence-electron chi connectivity index (χ4n) is 3.48. The van der Waals surface area contributed by atoms with Crippen LogP contribution in [0.4, 0.5) is 0 Å². The van der Waals surface area contributed by atoms with Crippen molar-refractivity contribution in [3.63, 3.8) is 0 Å². The molecular weight excluding hydrogens is 402 g/mol. The Morgan fingerprint density at radius 1 is 0.767 bits per heavy atom. The van der Waals surface area contributed by atoms with Crippen molar-refractivity contribution in [2.24, 2.45) is 0 Å². The second kappa shape index (κ2) is 11.6. The number of rotatable bonds is 9. The van der Waals surface area contributed by atoms with Gasteiger partial charge in [-0.3, -0.25) is 0 Å². The fraction of sp³-hybridized carbons (Fsp3) is 0.417. The minimum atomic E-state index is 0. The third-order valence-corrected chi connectivity index (χ3v) is 4.65. The highest BCUT2D eigenvalue weighted by Gasteiger charge is 2.19. The van der Waals surface area contributed by atoms with E-state index >= 15 is 0 Å². The van der Waals surface area contributed by atoms with E-state index in [0.29, 0.717) is 26.4 Å². The molecule has 164 valence electrons. The van der Waals surface area contributed by atoms with Crippen LogP contribution in [0.3, 0.4) is 0 Å². The third kappa shape index (κ3) is 5.54. The molecule has 3 rings (SSSR count). The highest BCUT2D eigenvalue weighted by atomic mass is 35.5. The van der Waals surface area contributed by atoms with Crippen LogP contribution < -0.4 is 24.3 Å². The smallest absolute Gasteiger partial charge is 0.161 e. The molecule has 2 aromatic carbocycles. The van der Waals surface area contributed by atoms with E-state index in [1.165, 1.54) is 5.56 Å². The number of hydrogen-bond acceptors (Lipinski definition) is 5. The summed E-state index contributed by atoms with van der Waals surface area (Å²) in [5.74, 6) is 3.13. The Morgan fingerprint density at radius 2 is 1.33 bits per heavy atom. The van der Waals surface area contributed by atoms with Crippen molar-refractivity contribution >= 4 is 24.2 Å². The average molecular weight is 434 g/mol. The summed E-state index contributed by atoms with van der Waals surface area (Å²) in [6.07, 6.45) is 3.10. The van der Waals surface area contributed by atoms with Crippen LogP contribution in [0.1, 0.15) is 44.4 Å². The lowest BCUT2D eigenvalue weighted by molar-refractivity contribution is 0.287. The molecule has 0 fully saturated rings. The van der Waals surface area contributed by atoms with Gasteiger partial charge in [0.1, 0.15) is 0 Å². The minimum Gasteiger partial charge on any atom is -0.490 e. The Morgan fingerprint density at radius 3 is 1.97 bits per heavy atom. The zero-order valence-electron chi connectivity index (χ0n) is 18.2. The first kappa shape index (κ1) is 23.7. The van der Waals surface area contributed by atoms with Gasteiger partial charge in [0, 0.05) is 17.8 Å². The van der Waals surface area contributed by atoms with Crippen LogP contribution in [0.15, 0.2) is 30.3 Å². The number of benzene rings is 2. The topological polar surface area (TPSA) is 49.0 Å². The van der Waals surface area contributed by atoms with Crippen LogP contribution in [0.25, 0.3) is 11.8 Å². The first-order chi connectivity index (χ1) is 14.2. The molecule has 0 saturated heterocycles. The molecule has 0 atom stereocenters. The molecule has 1 heterocycles. The van der Waals surface area contributed by atoms with Gasteiger partial charge < -0.3 is 24.3 Å². The highest BCUT2D eigenvalue weighted by Crippen LogP contribution is 2.36. The fourth-order valence-corrected chi connectivity index (χ4v) is 3.48. The zero-order chi connectivity index (χ0) is 20.6. The standard InChI is InChI=1S/C24H31NO4.ClH/c1-5-26-21-10-9-17(14-22(21)27-6-2)13-20-19-16-24(29-8-4)23(28-7-3)15-18(19)11-12-25-20;/h9-10,13-16,25H,5-8,11-12H2,1-4H3;1H. The molecule has 30 heavy (non-hydrogen) atoms. The lowest BCUT2D eigenvalue weighted by Gasteiger charge is -2.24. The van der Waals surface area contributed by atoms with Crippen molar-refractivity contribution in [2.75, 3.05) is 33.0 Å². The molecule has 6 heteroatoms. The van der Waals surface area contributed by atoms with Gasteiger partial charge >= 0.3 is 0 Å². The Labute approximate surface area is 185 Å². The van der Waals surface area contributed by atoms with Gasteiger partial charge in [-0.15, -0.1) is 12.4 Å². The van der Waals surface area contributed by atoms with Crippen LogP contribution in [0.2, 0.25) is 0 Å². The van der Waals surface area contributed by atoms with Crippen molar-refractivity contribution in [3.05, 3.63) is 47.0 Å². The van der Waals surface area contributed by atoms with Gasteiger partial charge in [0.2, 0.25) is 0 Å². The van der Waals surface area contributed by atoms with E-state index in [9.17, 15) is 0 Å². The maximum Gasteiger partial charge on any atom is 0.161 e. The molecule has 1 N–H and O–H groups in total. The molecule has 0 amide bonds. The monoisotopic (exact) mass is 433 g/mol. The maximum absolute atomic E-state index is 5.83. The summed E-state index contributed by atoms with van der Waals surface area (Å²) in [5, 5.41) is 3.53. The molecule has 0 spiro atoms. The quantitative estimate of drug-likeness (QED) is 0.577. The number of hydrogen-bond donors (Lipinski definition) is 1. The van der Waals surface area contributed by atoms with E-state index in [4.69, 9.17) is 18.9 Å². The van der Waals surface area contributed by atoms with Gasteiger partial charge in [0.25, 0.3) is 0 Å². The molecular formula is C24H32ClNO4. The van der Waals surface area contributed by atoms with E-state index < -0.39 is 0 Å². The van der Waals surface area contributed by atoms with E-state index in [2.05, 4.69) is 29.6 Å². The molecule has 5 nitrogen and oxygen atoms in total. The van der Waals surface area contributed by atoms with Gasteiger partial charge in [0.15, 0.2) is 23.0 Å². The zero-order valence-corrected chi connectivity index (χ0v) is 19.1. The predicted octanol–water partition coefficient (Wildman–Crippen LogP) is 5.35. The lowest BCUT2D eigenvalue weighted by atomic mass is 9.96. The van der Waals surface area contributed by atoms with Crippen molar-refractivity contribution < 1.29 is 18.9 Å². The summed E-state index contributed by atoms with van der Waals surface area (Å²) in [6.45, 7) is 11.2. The van der Waals surface area contributed by atoms with E-state index in [1.54, 1.807) is 0 Å². The molecule has 1 aliphatic rings. The Kier molecular flexibility index (Phi) is 9.18. The van der Waals surface area contributed by atoms with Crippen LogP contribution in [-0.2, 0) is 6.42 Å². The van der Waals surface area contributed by atoms with Crippen molar-refractivity contribution in [1.82, 2.24) is 5.32 Å². The highest BCUT2D eigenvalue weighted by molar-refractivity contribution is 5.85. The second-order valence-electron chi connectivity index (χ2n) is 6.63. The molecule has 0 unspecified atom stereocenters. The molecule has 0 saturated carbocycles. The third-order valence-electron chi connectivity index (χ3n) is 4.65. The van der Waals surface area contributed by atoms with E-state index in [1.807, 2.05) is 39.8 Å². The van der Waals surface area contributed by atoms with Gasteiger partial charge in [-0.25, -0.2) is 0 Å². The summed E-state index contributed by atoms with van der Waals surface area (Å²) in [6, 6.07) is 10.2. The molecule has 2 aromatic rings. The predicted molar refractivity (Wildman–Crippen MR) is 124 cm³/mol. The van der Waals surface area contributed by atoms with Crippen LogP contribution in [-0.4, -0.2) is 33.0 Å². The maximum atomic E-state index is 5.83. The van der Waals surface area contributed by atoms with Crippen molar-refractivity contribution in [2.45, 2.75) is 34.1 Å². The van der Waals surface area contributed by atoms with E-state index in [-0.39, 0.29) is 12.4 Å². The van der Waals surface area contributed by atoms with Gasteiger partial charge in [-0.05, 0) is 75.6 Å². The van der Waals surface area contributed by atoms with Crippen LogP contribution in [0, 0.1) is 0 Å². The summed E-state index contributed by atoms with van der Waals surface area (Å²) >= 11 is 0. The Bertz CT molecular complexity index is 867. The summed E-state index contributed by atoms with van der Waals surface area (Å²) < 4.78 is 23.1. The largest absolute Gasteiger partial charge is 0.490 e. The molecule has 0 aromatic heterocycles. The first-order valence-electron chi connectivity index (χ1n) is 10.5. The Hall–Kier alpha value is -2.53. The van der Waals surface area contributed by atoms with Gasteiger partial charge in [-0.2, -0.15) is 0 Å². The minimum absolute atomic E-state index is 0. The lowest BCUT2D eigenvalue weighted by Crippen LogP contribution is -2.22. The number of fused-ring (bicyclic) bond motifs is 1. The summed E-state index contributed by atoms with van der Waals surface area (Å²) in [5.41, 5.74) is 4.54. The second-order valence-corrected chi connectivity index (χ2v) is 6.63. The van der Waals surface area contributed by atoms with Gasteiger partial charge in [-0.1, -0.05) is 6.07 Å².